The largest absolute Gasteiger partial charge is 0.338 e. The highest BCUT2D eigenvalue weighted by Gasteiger charge is 2.16. The van der Waals surface area contributed by atoms with Crippen molar-refractivity contribution in [3.63, 3.8) is 0 Å². The molecule has 0 radical (unpaired) electrons. The first-order chi connectivity index (χ1) is 8.60. The number of amides is 1. The van der Waals surface area contributed by atoms with E-state index in [9.17, 15) is 4.79 Å². The van der Waals surface area contributed by atoms with Crippen molar-refractivity contribution < 1.29 is 4.79 Å². The maximum absolute atomic E-state index is 12.5. The first-order valence-electron chi connectivity index (χ1n) is 6.21. The van der Waals surface area contributed by atoms with Crippen molar-refractivity contribution in [1.29, 1.82) is 0 Å². The molecule has 4 heteroatoms. The Bertz CT molecular complexity index is 407. The van der Waals surface area contributed by atoms with Crippen molar-refractivity contribution in [1.82, 2.24) is 4.90 Å². The van der Waals surface area contributed by atoms with Gasteiger partial charge >= 0.3 is 0 Å². The Kier molecular flexibility index (Phi) is 6.94. The second-order valence-corrected chi connectivity index (χ2v) is 6.00. The van der Waals surface area contributed by atoms with E-state index in [-0.39, 0.29) is 5.91 Å². The van der Waals surface area contributed by atoms with E-state index in [0.717, 1.165) is 46.9 Å². The molecule has 1 aromatic carbocycles. The zero-order chi connectivity index (χ0) is 13.5. The van der Waals surface area contributed by atoms with Crippen LogP contribution in [0.4, 0.5) is 0 Å². The third kappa shape index (κ3) is 4.39. The van der Waals surface area contributed by atoms with Gasteiger partial charge in [-0.15, -0.1) is 0 Å². The Balaban J connectivity index is 2.87. The second kappa shape index (κ2) is 7.95. The number of carbonyl (C=O) groups is 1. The average Bonchev–Trinajstić information content (AvgIpc) is 2.33. The van der Waals surface area contributed by atoms with Crippen LogP contribution in [-0.2, 0) is 0 Å². The molecule has 0 aromatic heterocycles. The highest BCUT2D eigenvalue weighted by molar-refractivity contribution is 9.10. The molecule has 0 bridgehead atoms. The number of alkyl halides is 1. The van der Waals surface area contributed by atoms with Gasteiger partial charge in [0, 0.05) is 28.5 Å². The fourth-order valence-corrected chi connectivity index (χ4v) is 2.71. The van der Waals surface area contributed by atoms with Crippen LogP contribution < -0.4 is 0 Å². The summed E-state index contributed by atoms with van der Waals surface area (Å²) in [7, 11) is 0. The number of hydrogen-bond donors (Lipinski definition) is 0. The molecule has 0 aliphatic heterocycles. The summed E-state index contributed by atoms with van der Waals surface area (Å²) in [5, 5.41) is 0.817. The van der Waals surface area contributed by atoms with Crippen molar-refractivity contribution in [2.75, 3.05) is 18.4 Å². The number of unbranched alkanes of at least 4 members (excludes halogenated alkanes) is 1. The van der Waals surface area contributed by atoms with Crippen molar-refractivity contribution in [2.24, 2.45) is 0 Å². The summed E-state index contributed by atoms with van der Waals surface area (Å²) in [6.45, 7) is 5.70. The Hall–Kier alpha value is -0.350. The fraction of sp³-hybridized carbons (Fsp3) is 0.500. The molecule has 2 nitrogen and oxygen atoms in total. The minimum absolute atomic E-state index is 0.132. The molecule has 0 aliphatic carbocycles. The lowest BCUT2D eigenvalue weighted by Crippen LogP contribution is -2.34. The topological polar surface area (TPSA) is 20.3 Å². The smallest absolute Gasteiger partial charge is 0.254 e. The Morgan fingerprint density at radius 2 is 2.06 bits per heavy atom. The normalized spacial score (nSPS) is 10.4. The van der Waals surface area contributed by atoms with Crippen LogP contribution in [0.1, 0.15) is 35.7 Å². The molecule has 0 unspecified atom stereocenters. The molecular formula is C14H19Br2NO. The van der Waals surface area contributed by atoms with Crippen LogP contribution in [0, 0.1) is 6.92 Å². The number of benzene rings is 1. The van der Waals surface area contributed by atoms with E-state index in [0.29, 0.717) is 0 Å². The van der Waals surface area contributed by atoms with Crippen molar-refractivity contribution in [3.05, 3.63) is 33.8 Å². The molecule has 1 rings (SSSR count). The number of carbonyl (C=O) groups excluding carboxylic acids is 1. The van der Waals surface area contributed by atoms with Gasteiger partial charge < -0.3 is 4.90 Å². The molecule has 0 aliphatic rings. The molecule has 0 spiro atoms. The summed E-state index contributed by atoms with van der Waals surface area (Å²) >= 11 is 6.83. The number of hydrogen-bond acceptors (Lipinski definition) is 1. The summed E-state index contributed by atoms with van der Waals surface area (Å²) in [4.78, 5) is 14.4. The van der Waals surface area contributed by atoms with Gasteiger partial charge in [0.15, 0.2) is 0 Å². The van der Waals surface area contributed by atoms with Gasteiger partial charge in [-0.3, -0.25) is 4.79 Å². The summed E-state index contributed by atoms with van der Waals surface area (Å²) in [6, 6.07) is 5.81. The van der Waals surface area contributed by atoms with Gasteiger partial charge in [0.25, 0.3) is 5.91 Å². The van der Waals surface area contributed by atoms with Gasteiger partial charge in [0.2, 0.25) is 0 Å². The van der Waals surface area contributed by atoms with Crippen molar-refractivity contribution >= 4 is 37.8 Å². The molecule has 1 aromatic rings. The van der Waals surface area contributed by atoms with Gasteiger partial charge in [-0.25, -0.2) is 0 Å². The lowest BCUT2D eigenvalue weighted by molar-refractivity contribution is 0.0763. The summed E-state index contributed by atoms with van der Waals surface area (Å²) in [5.41, 5.74) is 1.82. The Morgan fingerprint density at radius 3 is 2.61 bits per heavy atom. The molecule has 0 saturated carbocycles. The molecule has 0 N–H and O–H groups in total. The van der Waals surface area contributed by atoms with Crippen LogP contribution in [0.5, 0.6) is 0 Å². The van der Waals surface area contributed by atoms with E-state index < -0.39 is 0 Å². The molecule has 18 heavy (non-hydrogen) atoms. The number of rotatable bonds is 6. The Labute approximate surface area is 126 Å². The number of halogens is 2. The zero-order valence-electron chi connectivity index (χ0n) is 10.9. The molecule has 0 fully saturated rings. The molecule has 0 atom stereocenters. The van der Waals surface area contributed by atoms with E-state index in [4.69, 9.17) is 0 Å². The third-order valence-electron chi connectivity index (χ3n) is 2.84. The van der Waals surface area contributed by atoms with Crippen LogP contribution in [0.3, 0.4) is 0 Å². The quantitative estimate of drug-likeness (QED) is 0.674. The lowest BCUT2D eigenvalue weighted by Gasteiger charge is -2.22. The van der Waals surface area contributed by atoms with Crippen LogP contribution in [-0.4, -0.2) is 29.2 Å². The van der Waals surface area contributed by atoms with Gasteiger partial charge in [-0.2, -0.15) is 0 Å². The highest BCUT2D eigenvalue weighted by atomic mass is 79.9. The third-order valence-corrected chi connectivity index (χ3v) is 3.69. The van der Waals surface area contributed by atoms with E-state index in [1.807, 2.05) is 30.0 Å². The first-order valence-corrected chi connectivity index (χ1v) is 8.13. The van der Waals surface area contributed by atoms with Gasteiger partial charge in [-0.1, -0.05) is 45.2 Å². The molecule has 100 valence electrons. The predicted octanol–water partition coefficient (Wildman–Crippen LogP) is 4.39. The number of nitrogens with zero attached hydrogens (tertiary/aromatic N) is 1. The minimum Gasteiger partial charge on any atom is -0.338 e. The average molecular weight is 377 g/mol. The highest BCUT2D eigenvalue weighted by Crippen LogP contribution is 2.17. The van der Waals surface area contributed by atoms with Crippen LogP contribution >= 0.6 is 31.9 Å². The second-order valence-electron chi connectivity index (χ2n) is 4.29. The molecule has 1 amide bonds. The van der Waals surface area contributed by atoms with Crippen molar-refractivity contribution in [3.8, 4) is 0 Å². The first kappa shape index (κ1) is 15.7. The van der Waals surface area contributed by atoms with E-state index in [1.54, 1.807) is 0 Å². The maximum Gasteiger partial charge on any atom is 0.254 e. The van der Waals surface area contributed by atoms with Crippen molar-refractivity contribution in [2.45, 2.75) is 26.7 Å². The fourth-order valence-electron chi connectivity index (χ4n) is 1.80. The van der Waals surface area contributed by atoms with E-state index in [1.165, 1.54) is 0 Å². The standard InChI is InChI=1S/C14H19Br2NO/c1-3-4-8-17(9-7-15)14(18)13-6-5-12(16)10-11(13)2/h5-6,10H,3-4,7-9H2,1-2H3. The van der Waals surface area contributed by atoms with Crippen LogP contribution in [0.15, 0.2) is 22.7 Å². The van der Waals surface area contributed by atoms with E-state index >= 15 is 0 Å². The number of aryl methyl sites for hydroxylation is 1. The van der Waals surface area contributed by atoms with Crippen LogP contribution in [0.25, 0.3) is 0 Å². The lowest BCUT2D eigenvalue weighted by atomic mass is 10.1. The minimum atomic E-state index is 0.132. The molecular weight excluding hydrogens is 358 g/mol. The Morgan fingerprint density at radius 1 is 1.33 bits per heavy atom. The van der Waals surface area contributed by atoms with Gasteiger partial charge in [0.1, 0.15) is 0 Å². The predicted molar refractivity (Wildman–Crippen MR) is 83.5 cm³/mol. The monoisotopic (exact) mass is 375 g/mol. The van der Waals surface area contributed by atoms with Gasteiger partial charge in [0.05, 0.1) is 0 Å². The van der Waals surface area contributed by atoms with Crippen LogP contribution in [0.2, 0.25) is 0 Å². The molecule has 0 heterocycles. The summed E-state index contributed by atoms with van der Waals surface area (Å²) < 4.78 is 1.01. The molecule has 0 saturated heterocycles. The van der Waals surface area contributed by atoms with E-state index in [2.05, 4.69) is 38.8 Å². The SMILES string of the molecule is CCCCN(CCBr)C(=O)c1ccc(Br)cc1C. The summed E-state index contributed by atoms with van der Waals surface area (Å²) in [5.74, 6) is 0.132. The summed E-state index contributed by atoms with van der Waals surface area (Å²) in [6.07, 6.45) is 2.15. The maximum atomic E-state index is 12.5. The zero-order valence-corrected chi connectivity index (χ0v) is 14.1. The van der Waals surface area contributed by atoms with Gasteiger partial charge in [-0.05, 0) is 37.1 Å².